The van der Waals surface area contributed by atoms with Crippen LogP contribution in [0.4, 0.5) is 0 Å². The molecule has 0 unspecified atom stereocenters. The van der Waals surface area contributed by atoms with E-state index in [0.29, 0.717) is 16.5 Å². The summed E-state index contributed by atoms with van der Waals surface area (Å²) in [6.45, 7) is 2.00. The number of halogens is 1. The number of nitrogens with zero attached hydrogens (tertiary/aromatic N) is 4. The highest BCUT2D eigenvalue weighted by Gasteiger charge is 2.19. The Bertz CT molecular complexity index is 789. The molecule has 0 aromatic carbocycles. The number of carbonyl (C=O) groups excluding carboxylic acids is 1. The molecule has 0 radical (unpaired) electrons. The Labute approximate surface area is 132 Å². The lowest BCUT2D eigenvalue weighted by atomic mass is 10.1. The summed E-state index contributed by atoms with van der Waals surface area (Å²) in [5.41, 5.74) is 1.31. The molecule has 1 N–H and O–H groups in total. The Morgan fingerprint density at radius 2 is 2.27 bits per heavy atom. The summed E-state index contributed by atoms with van der Waals surface area (Å²) in [6.07, 6.45) is 7.89. The fourth-order valence-electron chi connectivity index (χ4n) is 2.38. The van der Waals surface area contributed by atoms with Gasteiger partial charge in [0.25, 0.3) is 5.91 Å². The van der Waals surface area contributed by atoms with Gasteiger partial charge in [0.05, 0.1) is 16.8 Å². The molecule has 3 aromatic heterocycles. The van der Waals surface area contributed by atoms with E-state index in [0.717, 1.165) is 12.1 Å². The van der Waals surface area contributed by atoms with Crippen LogP contribution in [0.25, 0.3) is 5.78 Å². The molecule has 0 aliphatic carbocycles. The normalized spacial score (nSPS) is 12.5. The largest absolute Gasteiger partial charge is 0.345 e. The lowest BCUT2D eigenvalue weighted by Gasteiger charge is -2.14. The second-order valence-electron chi connectivity index (χ2n) is 5.08. The zero-order chi connectivity index (χ0) is 15.7. The molecule has 0 saturated heterocycles. The summed E-state index contributed by atoms with van der Waals surface area (Å²) in [6, 6.07) is 3.31. The Morgan fingerprint density at radius 3 is 2.91 bits per heavy atom. The summed E-state index contributed by atoms with van der Waals surface area (Å²) in [5.74, 6) is 0.443. The number of aromatic nitrogens is 4. The molecule has 3 rings (SSSR count). The molecule has 3 heterocycles. The van der Waals surface area contributed by atoms with Crippen molar-refractivity contribution in [3.05, 3.63) is 53.3 Å². The highest BCUT2D eigenvalue weighted by Crippen LogP contribution is 2.18. The van der Waals surface area contributed by atoms with Crippen LogP contribution in [-0.4, -0.2) is 24.8 Å². The second kappa shape index (κ2) is 5.81. The molecule has 3 aromatic rings. The van der Waals surface area contributed by atoms with E-state index in [4.69, 9.17) is 11.6 Å². The van der Waals surface area contributed by atoms with Gasteiger partial charge in [0.2, 0.25) is 5.78 Å². The van der Waals surface area contributed by atoms with E-state index in [9.17, 15) is 4.79 Å². The smallest absolute Gasteiger partial charge is 0.268 e. The van der Waals surface area contributed by atoms with Crippen molar-refractivity contribution in [2.24, 2.45) is 7.05 Å². The van der Waals surface area contributed by atoms with Crippen molar-refractivity contribution in [3.63, 3.8) is 0 Å². The average Bonchev–Trinajstić information content (AvgIpc) is 3.07. The van der Waals surface area contributed by atoms with Crippen LogP contribution in [0, 0.1) is 0 Å². The van der Waals surface area contributed by atoms with E-state index >= 15 is 0 Å². The maximum Gasteiger partial charge on any atom is 0.268 e. The summed E-state index contributed by atoms with van der Waals surface area (Å²) < 4.78 is 3.54. The molecule has 1 atom stereocenters. The standard InChI is InChI=1S/C15H16ClN5O/c1-3-11(12-9-21-6-4-5-17-15(21)19-12)18-14(22)13-7-10(16)8-20(13)2/h4-9,11H,3H2,1-2H3,(H,18,22)/t11-/m0/s1. The predicted molar refractivity (Wildman–Crippen MR) is 83.9 cm³/mol. The number of amides is 1. The summed E-state index contributed by atoms with van der Waals surface area (Å²) in [7, 11) is 1.79. The molecular weight excluding hydrogens is 302 g/mol. The first kappa shape index (κ1) is 14.6. The van der Waals surface area contributed by atoms with Gasteiger partial charge in [-0.1, -0.05) is 18.5 Å². The third-order valence-corrected chi connectivity index (χ3v) is 3.74. The van der Waals surface area contributed by atoms with Crippen LogP contribution in [0.1, 0.15) is 35.6 Å². The number of rotatable bonds is 4. The summed E-state index contributed by atoms with van der Waals surface area (Å²) in [4.78, 5) is 21.0. The number of carbonyl (C=O) groups is 1. The molecule has 0 fully saturated rings. The van der Waals surface area contributed by atoms with Gasteiger partial charge in [-0.15, -0.1) is 0 Å². The van der Waals surface area contributed by atoms with Crippen LogP contribution in [0.15, 0.2) is 36.9 Å². The Hall–Kier alpha value is -2.34. The summed E-state index contributed by atoms with van der Waals surface area (Å²) in [5, 5.41) is 3.53. The predicted octanol–water partition coefficient (Wildman–Crippen LogP) is 2.60. The van der Waals surface area contributed by atoms with Crippen molar-refractivity contribution in [1.82, 2.24) is 24.3 Å². The molecule has 0 bridgehead atoms. The van der Waals surface area contributed by atoms with Gasteiger partial charge in [-0.25, -0.2) is 9.97 Å². The monoisotopic (exact) mass is 317 g/mol. The third-order valence-electron chi connectivity index (χ3n) is 3.53. The van der Waals surface area contributed by atoms with Gasteiger partial charge < -0.3 is 9.88 Å². The molecule has 0 aliphatic rings. The minimum Gasteiger partial charge on any atom is -0.345 e. The van der Waals surface area contributed by atoms with Crippen molar-refractivity contribution in [2.45, 2.75) is 19.4 Å². The van der Waals surface area contributed by atoms with Crippen molar-refractivity contribution in [1.29, 1.82) is 0 Å². The number of hydrogen-bond donors (Lipinski definition) is 1. The first-order valence-corrected chi connectivity index (χ1v) is 7.38. The van der Waals surface area contributed by atoms with E-state index in [1.165, 1.54) is 0 Å². The molecular formula is C15H16ClN5O. The number of fused-ring (bicyclic) bond motifs is 1. The second-order valence-corrected chi connectivity index (χ2v) is 5.52. The van der Waals surface area contributed by atoms with Gasteiger partial charge in [-0.05, 0) is 18.6 Å². The molecule has 0 spiro atoms. The van der Waals surface area contributed by atoms with E-state index in [-0.39, 0.29) is 11.9 Å². The van der Waals surface area contributed by atoms with Crippen LogP contribution in [0.3, 0.4) is 0 Å². The van der Waals surface area contributed by atoms with Gasteiger partial charge in [0.15, 0.2) is 0 Å². The van der Waals surface area contributed by atoms with Crippen LogP contribution in [-0.2, 0) is 7.05 Å². The van der Waals surface area contributed by atoms with E-state index < -0.39 is 0 Å². The minimum absolute atomic E-state index is 0.175. The quantitative estimate of drug-likeness (QED) is 0.804. The fraction of sp³-hybridized carbons (Fsp3) is 0.267. The van der Waals surface area contributed by atoms with Gasteiger partial charge >= 0.3 is 0 Å². The minimum atomic E-state index is -0.178. The maximum absolute atomic E-state index is 12.4. The first-order valence-electron chi connectivity index (χ1n) is 7.01. The molecule has 0 saturated carbocycles. The van der Waals surface area contributed by atoms with Crippen molar-refractivity contribution >= 4 is 23.3 Å². The molecule has 22 heavy (non-hydrogen) atoms. The van der Waals surface area contributed by atoms with E-state index in [1.807, 2.05) is 29.8 Å². The zero-order valence-electron chi connectivity index (χ0n) is 12.3. The highest BCUT2D eigenvalue weighted by molar-refractivity contribution is 6.31. The molecule has 7 heteroatoms. The van der Waals surface area contributed by atoms with Gasteiger partial charge in [0.1, 0.15) is 5.69 Å². The number of aryl methyl sites for hydroxylation is 1. The van der Waals surface area contributed by atoms with Gasteiger partial charge in [0, 0.05) is 31.8 Å². The Balaban J connectivity index is 1.85. The summed E-state index contributed by atoms with van der Waals surface area (Å²) >= 11 is 5.93. The van der Waals surface area contributed by atoms with E-state index in [1.54, 1.807) is 30.1 Å². The topological polar surface area (TPSA) is 64.2 Å². The van der Waals surface area contributed by atoms with Crippen molar-refractivity contribution < 1.29 is 4.79 Å². The van der Waals surface area contributed by atoms with Gasteiger partial charge in [-0.2, -0.15) is 0 Å². The first-order chi connectivity index (χ1) is 10.6. The maximum atomic E-state index is 12.4. The van der Waals surface area contributed by atoms with Crippen LogP contribution in [0.2, 0.25) is 5.02 Å². The number of hydrogen-bond acceptors (Lipinski definition) is 3. The molecule has 0 aliphatic heterocycles. The van der Waals surface area contributed by atoms with Crippen LogP contribution in [0.5, 0.6) is 0 Å². The number of nitrogens with one attached hydrogen (secondary N) is 1. The zero-order valence-corrected chi connectivity index (χ0v) is 13.1. The SMILES string of the molecule is CC[C@H](NC(=O)c1cc(Cl)cn1C)c1cn2cccnc2n1. The Kier molecular flexibility index (Phi) is 3.85. The Morgan fingerprint density at radius 1 is 1.45 bits per heavy atom. The average molecular weight is 318 g/mol. The van der Waals surface area contributed by atoms with Crippen molar-refractivity contribution in [2.75, 3.05) is 0 Å². The molecule has 1 amide bonds. The lowest BCUT2D eigenvalue weighted by Crippen LogP contribution is -2.29. The van der Waals surface area contributed by atoms with Crippen LogP contribution < -0.4 is 5.32 Å². The fourth-order valence-corrected chi connectivity index (χ4v) is 2.63. The van der Waals surface area contributed by atoms with Crippen LogP contribution >= 0.6 is 11.6 Å². The third kappa shape index (κ3) is 2.69. The van der Waals surface area contributed by atoms with E-state index in [2.05, 4.69) is 15.3 Å². The molecule has 114 valence electrons. The highest BCUT2D eigenvalue weighted by atomic mass is 35.5. The number of imidazole rings is 1. The molecule has 6 nitrogen and oxygen atoms in total. The van der Waals surface area contributed by atoms with Crippen molar-refractivity contribution in [3.8, 4) is 0 Å². The van der Waals surface area contributed by atoms with Gasteiger partial charge in [-0.3, -0.25) is 9.20 Å². The lowest BCUT2D eigenvalue weighted by molar-refractivity contribution is 0.0926.